The molecule has 0 bridgehead atoms. The third-order valence-corrected chi connectivity index (χ3v) is 5.63. The molecule has 1 heterocycles. The fraction of sp³-hybridized carbons (Fsp3) is 0.100. The Morgan fingerprint density at radius 2 is 2.10 bits per heavy atom. The van der Waals surface area contributed by atoms with Crippen LogP contribution in [-0.2, 0) is 11.0 Å². The summed E-state index contributed by atoms with van der Waals surface area (Å²) in [5.41, 5.74) is 1.45. The van der Waals surface area contributed by atoms with Crippen LogP contribution in [-0.4, -0.2) is 27.4 Å². The van der Waals surface area contributed by atoms with Gasteiger partial charge in [0.05, 0.1) is 18.4 Å². The van der Waals surface area contributed by atoms with Crippen molar-refractivity contribution in [1.29, 1.82) is 0 Å². The number of anilines is 1. The number of rotatable bonds is 5. The molecule has 0 aliphatic rings. The molecule has 1 atom stereocenters. The summed E-state index contributed by atoms with van der Waals surface area (Å²) >= 11 is 1.23. The normalized spacial score (nSPS) is 11.3. The van der Waals surface area contributed by atoms with Crippen molar-refractivity contribution < 1.29 is 23.2 Å². The van der Waals surface area contributed by atoms with E-state index in [1.54, 1.807) is 5.38 Å². The molecular weight excluding hydrogens is 415 g/mol. The first-order valence-electron chi connectivity index (χ1n) is 8.21. The van der Waals surface area contributed by atoms with Crippen LogP contribution < -0.4 is 9.46 Å². The minimum Gasteiger partial charge on any atom is -0.495 e. The van der Waals surface area contributed by atoms with Gasteiger partial charge in [0.1, 0.15) is 11.6 Å². The zero-order valence-corrected chi connectivity index (χ0v) is 17.0. The summed E-state index contributed by atoms with van der Waals surface area (Å²) in [6.45, 7) is 1.97. The fourth-order valence-corrected chi connectivity index (χ4v) is 4.08. The lowest BCUT2D eigenvalue weighted by atomic mass is 10.1. The highest BCUT2D eigenvalue weighted by atomic mass is 32.2. The summed E-state index contributed by atoms with van der Waals surface area (Å²) in [6.07, 6.45) is 0. The number of nitrogens with zero attached hydrogens (tertiary/aromatic N) is 1. The Morgan fingerprint density at radius 3 is 2.79 bits per heavy atom. The van der Waals surface area contributed by atoms with Gasteiger partial charge in [-0.2, -0.15) is 0 Å². The zero-order chi connectivity index (χ0) is 21.0. The number of hydrogen-bond donors (Lipinski definition) is 2. The van der Waals surface area contributed by atoms with Crippen molar-refractivity contribution in [3.05, 3.63) is 69.3 Å². The van der Waals surface area contributed by atoms with Gasteiger partial charge in [-0.1, -0.05) is 18.1 Å². The molecule has 0 saturated heterocycles. The molecule has 2 aromatic carbocycles. The van der Waals surface area contributed by atoms with E-state index < -0.39 is 28.3 Å². The van der Waals surface area contributed by atoms with E-state index in [9.17, 15) is 13.4 Å². The zero-order valence-electron chi connectivity index (χ0n) is 15.4. The van der Waals surface area contributed by atoms with Gasteiger partial charge >= 0.3 is 5.97 Å². The van der Waals surface area contributed by atoms with Gasteiger partial charge < -0.3 is 9.84 Å². The minimum atomic E-state index is -1.82. The monoisotopic (exact) mass is 430 g/mol. The van der Waals surface area contributed by atoms with Gasteiger partial charge in [0.25, 0.3) is 0 Å². The molecule has 148 valence electrons. The van der Waals surface area contributed by atoms with E-state index in [1.807, 2.05) is 31.2 Å². The molecule has 0 aliphatic heterocycles. The van der Waals surface area contributed by atoms with Crippen LogP contribution in [0.2, 0.25) is 0 Å². The maximum Gasteiger partial charge on any atom is 0.338 e. The number of thiazole rings is 1. The maximum atomic E-state index is 14.0. The number of ether oxygens (including phenoxy) is 1. The van der Waals surface area contributed by atoms with Gasteiger partial charge in [-0.05, 0) is 36.6 Å². The first-order chi connectivity index (χ1) is 13.9. The second kappa shape index (κ2) is 8.86. The predicted molar refractivity (Wildman–Crippen MR) is 109 cm³/mol. The summed E-state index contributed by atoms with van der Waals surface area (Å²) in [5, 5.41) is 11.3. The molecule has 0 fully saturated rings. The van der Waals surface area contributed by atoms with Crippen molar-refractivity contribution in [2.24, 2.45) is 0 Å². The molecule has 6 nitrogen and oxygen atoms in total. The maximum absolute atomic E-state index is 14.0. The van der Waals surface area contributed by atoms with Crippen LogP contribution in [0.1, 0.15) is 26.5 Å². The highest BCUT2D eigenvalue weighted by Crippen LogP contribution is 2.29. The lowest BCUT2D eigenvalue weighted by molar-refractivity contribution is 0.0691. The highest BCUT2D eigenvalue weighted by molar-refractivity contribution is 7.86. The number of aromatic nitrogens is 1. The number of aromatic carboxylic acids is 1. The van der Waals surface area contributed by atoms with Crippen molar-refractivity contribution >= 4 is 34.0 Å². The molecule has 0 aliphatic carbocycles. The standard InChI is InChI=1S/C20H15FN2O4S2/c1-12-4-3-5-13(8-12)6-7-18-22-19(11-28-18)29(26)23-16-10-15(21)14(20(24)25)9-17(16)27-2/h3-5,8-11,23H,1-2H3,(H,24,25). The van der Waals surface area contributed by atoms with E-state index in [4.69, 9.17) is 9.84 Å². The first kappa shape index (κ1) is 20.5. The van der Waals surface area contributed by atoms with Crippen molar-refractivity contribution in [3.8, 4) is 17.6 Å². The third-order valence-electron chi connectivity index (χ3n) is 3.73. The molecule has 3 rings (SSSR count). The van der Waals surface area contributed by atoms with Crippen LogP contribution in [0.25, 0.3) is 0 Å². The third kappa shape index (κ3) is 4.99. The predicted octanol–water partition coefficient (Wildman–Crippen LogP) is 3.83. The number of carbonyl (C=O) groups is 1. The average molecular weight is 430 g/mol. The summed E-state index contributed by atoms with van der Waals surface area (Å²) in [7, 11) is -0.515. The van der Waals surface area contributed by atoms with Crippen LogP contribution in [0, 0.1) is 24.6 Å². The Balaban J connectivity index is 1.79. The van der Waals surface area contributed by atoms with Crippen LogP contribution in [0.15, 0.2) is 46.8 Å². The number of carboxylic acids is 1. The Hall–Kier alpha value is -3.22. The summed E-state index contributed by atoms with van der Waals surface area (Å²) < 4.78 is 34.2. The first-order valence-corrected chi connectivity index (χ1v) is 10.2. The van der Waals surface area contributed by atoms with Gasteiger partial charge in [0.2, 0.25) is 0 Å². The van der Waals surface area contributed by atoms with Crippen molar-refractivity contribution in [2.75, 3.05) is 11.8 Å². The molecular formula is C20H15FN2O4S2. The SMILES string of the molecule is COc1cc(C(=O)O)c(F)cc1NS(=O)c1csc(C#Cc2cccc(C)c2)n1. The molecule has 2 N–H and O–H groups in total. The molecule has 0 amide bonds. The van der Waals surface area contributed by atoms with Crippen molar-refractivity contribution in [2.45, 2.75) is 11.9 Å². The number of aryl methyl sites for hydroxylation is 1. The fourth-order valence-electron chi connectivity index (χ4n) is 2.37. The van der Waals surface area contributed by atoms with Crippen LogP contribution in [0.4, 0.5) is 10.1 Å². The Bertz CT molecular complexity index is 1160. The molecule has 9 heteroatoms. The second-order valence-corrected chi connectivity index (χ2v) is 7.84. The lowest BCUT2D eigenvalue weighted by Gasteiger charge is -2.11. The molecule has 3 aromatic rings. The Kier molecular flexibility index (Phi) is 6.26. The van der Waals surface area contributed by atoms with Crippen LogP contribution in [0.3, 0.4) is 0 Å². The number of halogens is 1. The van der Waals surface area contributed by atoms with Gasteiger partial charge in [-0.15, -0.1) is 11.3 Å². The quantitative estimate of drug-likeness (QED) is 0.601. The highest BCUT2D eigenvalue weighted by Gasteiger charge is 2.18. The largest absolute Gasteiger partial charge is 0.495 e. The number of benzene rings is 2. The number of hydrogen-bond acceptors (Lipinski definition) is 5. The molecule has 1 aromatic heterocycles. The summed E-state index contributed by atoms with van der Waals surface area (Å²) in [5.74, 6) is 3.57. The van der Waals surface area contributed by atoms with Crippen molar-refractivity contribution in [3.63, 3.8) is 0 Å². The second-order valence-electron chi connectivity index (χ2n) is 5.82. The lowest BCUT2D eigenvalue weighted by Crippen LogP contribution is -2.09. The molecule has 0 spiro atoms. The number of methoxy groups -OCH3 is 1. The van der Waals surface area contributed by atoms with E-state index in [-0.39, 0.29) is 16.5 Å². The van der Waals surface area contributed by atoms with Gasteiger partial charge in [-0.25, -0.2) is 18.4 Å². The molecule has 0 saturated carbocycles. The molecule has 1 unspecified atom stereocenters. The van der Waals surface area contributed by atoms with Gasteiger partial charge in [0.15, 0.2) is 21.0 Å². The van der Waals surface area contributed by atoms with E-state index >= 15 is 0 Å². The number of nitrogens with one attached hydrogen (secondary N) is 1. The van der Waals surface area contributed by atoms with Crippen LogP contribution in [0.5, 0.6) is 5.75 Å². The average Bonchev–Trinajstić information content (AvgIpc) is 3.15. The van der Waals surface area contributed by atoms with Gasteiger partial charge in [0, 0.05) is 17.0 Å². The smallest absolute Gasteiger partial charge is 0.338 e. The Morgan fingerprint density at radius 1 is 1.31 bits per heavy atom. The van der Waals surface area contributed by atoms with Crippen molar-refractivity contribution in [1.82, 2.24) is 4.98 Å². The van der Waals surface area contributed by atoms with Gasteiger partial charge in [-0.3, -0.25) is 4.72 Å². The minimum absolute atomic E-state index is 0.0480. The Labute approximate surface area is 173 Å². The van der Waals surface area contributed by atoms with E-state index in [1.165, 1.54) is 18.4 Å². The summed E-state index contributed by atoms with van der Waals surface area (Å²) in [6, 6.07) is 9.66. The molecule has 0 radical (unpaired) electrons. The van der Waals surface area contributed by atoms with E-state index in [0.29, 0.717) is 5.01 Å². The number of carboxylic acid groups (broad SMARTS) is 1. The van der Waals surface area contributed by atoms with Crippen LogP contribution >= 0.6 is 11.3 Å². The molecule has 29 heavy (non-hydrogen) atoms. The van der Waals surface area contributed by atoms with E-state index in [2.05, 4.69) is 21.5 Å². The topological polar surface area (TPSA) is 88.5 Å². The van der Waals surface area contributed by atoms with E-state index in [0.717, 1.165) is 23.3 Å². The summed E-state index contributed by atoms with van der Waals surface area (Å²) in [4.78, 5) is 15.3.